The van der Waals surface area contributed by atoms with Crippen LogP contribution < -0.4 is 4.90 Å². The van der Waals surface area contributed by atoms with Crippen LogP contribution in [0.5, 0.6) is 0 Å². The first kappa shape index (κ1) is 18.6. The second-order valence-electron chi connectivity index (χ2n) is 5.77. The predicted octanol–water partition coefficient (Wildman–Crippen LogP) is 2.42. The van der Waals surface area contributed by atoms with Gasteiger partial charge in [-0.15, -0.1) is 0 Å². The molecule has 1 atom stereocenters. The number of benzene rings is 2. The second-order valence-corrected chi connectivity index (χ2v) is 5.77. The number of carbonyl (C=O) groups is 1. The van der Waals surface area contributed by atoms with Gasteiger partial charge in [0, 0.05) is 12.1 Å². The highest BCUT2D eigenvalue weighted by Crippen LogP contribution is 2.19. The lowest BCUT2D eigenvalue weighted by atomic mass is 10.1. The van der Waals surface area contributed by atoms with Crippen molar-refractivity contribution in [2.75, 3.05) is 19.6 Å². The highest BCUT2D eigenvalue weighted by atomic mass is 16.6. The lowest BCUT2D eigenvalue weighted by molar-refractivity contribution is -0.900. The van der Waals surface area contributed by atoms with Gasteiger partial charge in [-0.2, -0.15) is 0 Å². The lowest BCUT2D eigenvalue weighted by Crippen LogP contribution is -3.11. The number of nitro benzene ring substituents is 1. The van der Waals surface area contributed by atoms with Crippen molar-refractivity contribution >= 4 is 11.7 Å². The Morgan fingerprint density at radius 1 is 1.08 bits per heavy atom. The van der Waals surface area contributed by atoms with Crippen molar-refractivity contribution in [2.24, 2.45) is 0 Å². The van der Waals surface area contributed by atoms with E-state index in [4.69, 9.17) is 4.74 Å². The maximum atomic E-state index is 12.5. The Kier molecular flexibility index (Phi) is 6.65. The number of ether oxygens (including phenoxy) is 1. The fourth-order valence-electron chi connectivity index (χ4n) is 2.61. The van der Waals surface area contributed by atoms with E-state index in [2.05, 4.69) is 13.8 Å². The van der Waals surface area contributed by atoms with E-state index in [0.717, 1.165) is 18.7 Å². The van der Waals surface area contributed by atoms with E-state index in [-0.39, 0.29) is 11.8 Å². The van der Waals surface area contributed by atoms with E-state index in [1.807, 2.05) is 30.3 Å². The van der Waals surface area contributed by atoms with Crippen molar-refractivity contribution in [3.8, 4) is 0 Å². The summed E-state index contributed by atoms with van der Waals surface area (Å²) in [6.07, 6.45) is -0.362. The molecule has 0 aliphatic rings. The summed E-state index contributed by atoms with van der Waals surface area (Å²) in [7, 11) is 0. The monoisotopic (exact) mass is 343 g/mol. The molecule has 0 saturated carbocycles. The van der Waals surface area contributed by atoms with E-state index in [1.54, 1.807) is 0 Å². The van der Waals surface area contributed by atoms with Crippen LogP contribution in [0.15, 0.2) is 54.6 Å². The van der Waals surface area contributed by atoms with Gasteiger partial charge in [0.05, 0.1) is 23.6 Å². The van der Waals surface area contributed by atoms with Gasteiger partial charge in [-0.1, -0.05) is 30.3 Å². The fourth-order valence-corrected chi connectivity index (χ4v) is 2.61. The van der Waals surface area contributed by atoms with Gasteiger partial charge in [-0.25, -0.2) is 4.79 Å². The van der Waals surface area contributed by atoms with E-state index in [9.17, 15) is 14.9 Å². The maximum Gasteiger partial charge on any atom is 0.338 e. The van der Waals surface area contributed by atoms with E-state index in [1.165, 1.54) is 29.2 Å². The predicted molar refractivity (Wildman–Crippen MR) is 94.6 cm³/mol. The zero-order valence-corrected chi connectivity index (χ0v) is 14.5. The fraction of sp³-hybridized carbons (Fsp3) is 0.316. The van der Waals surface area contributed by atoms with Gasteiger partial charge >= 0.3 is 5.97 Å². The van der Waals surface area contributed by atoms with Crippen LogP contribution in [-0.4, -0.2) is 30.5 Å². The first-order chi connectivity index (χ1) is 12.0. The van der Waals surface area contributed by atoms with Gasteiger partial charge in [-0.05, 0) is 31.5 Å². The van der Waals surface area contributed by atoms with Crippen LogP contribution in [0, 0.1) is 10.1 Å². The topological polar surface area (TPSA) is 73.9 Å². The quantitative estimate of drug-likeness (QED) is 0.454. The third-order valence-electron chi connectivity index (χ3n) is 4.21. The number of hydrogen-bond donors (Lipinski definition) is 1. The standard InChI is InChI=1S/C19H22N2O4/c1-3-20(4-2)14-18(15-8-6-5-7-9-15)25-19(22)16-10-12-17(13-11-16)21(23)24/h5-13,18H,3-4,14H2,1-2H3/p+1/t18-/m0/s1. The van der Waals surface area contributed by atoms with E-state index < -0.39 is 10.9 Å². The largest absolute Gasteiger partial charge is 0.448 e. The number of rotatable bonds is 8. The molecule has 0 amide bonds. The molecule has 2 rings (SSSR count). The van der Waals surface area contributed by atoms with Gasteiger partial charge in [-0.3, -0.25) is 10.1 Å². The molecule has 0 aliphatic carbocycles. The van der Waals surface area contributed by atoms with Crippen LogP contribution in [0.1, 0.15) is 35.9 Å². The number of nitro groups is 1. The summed E-state index contributed by atoms with van der Waals surface area (Å²) in [5, 5.41) is 10.7. The molecule has 132 valence electrons. The van der Waals surface area contributed by atoms with Crippen LogP contribution in [0.3, 0.4) is 0 Å². The molecule has 6 nitrogen and oxygen atoms in total. The number of nitrogens with zero attached hydrogens (tertiary/aromatic N) is 1. The Morgan fingerprint density at radius 3 is 2.20 bits per heavy atom. The van der Waals surface area contributed by atoms with Crippen LogP contribution in [0.25, 0.3) is 0 Å². The third-order valence-corrected chi connectivity index (χ3v) is 4.21. The normalized spacial score (nSPS) is 12.0. The summed E-state index contributed by atoms with van der Waals surface area (Å²) in [5.41, 5.74) is 1.20. The number of nitrogens with one attached hydrogen (secondary N) is 1. The highest BCUT2D eigenvalue weighted by Gasteiger charge is 2.22. The maximum absolute atomic E-state index is 12.5. The molecular formula is C19H23N2O4+. The molecular weight excluding hydrogens is 320 g/mol. The summed E-state index contributed by atoms with van der Waals surface area (Å²) in [6.45, 7) is 6.75. The smallest absolute Gasteiger partial charge is 0.338 e. The molecule has 0 fully saturated rings. The molecule has 25 heavy (non-hydrogen) atoms. The molecule has 0 saturated heterocycles. The first-order valence-electron chi connectivity index (χ1n) is 8.39. The van der Waals surface area contributed by atoms with Crippen molar-refractivity contribution < 1.29 is 19.4 Å². The molecule has 1 N–H and O–H groups in total. The summed E-state index contributed by atoms with van der Waals surface area (Å²) in [5.74, 6) is -0.477. The van der Waals surface area contributed by atoms with Crippen LogP contribution in [0.4, 0.5) is 5.69 Å². The number of quaternary nitrogens is 1. The highest BCUT2D eigenvalue weighted by molar-refractivity contribution is 5.89. The Labute approximate surface area is 147 Å². The molecule has 0 spiro atoms. The van der Waals surface area contributed by atoms with Crippen LogP contribution >= 0.6 is 0 Å². The molecule has 0 aromatic heterocycles. The minimum atomic E-state index is -0.494. The lowest BCUT2D eigenvalue weighted by Gasteiger charge is -2.23. The zero-order chi connectivity index (χ0) is 18.2. The van der Waals surface area contributed by atoms with Crippen molar-refractivity contribution in [1.29, 1.82) is 0 Å². The minimum Gasteiger partial charge on any atom is -0.448 e. The Balaban J connectivity index is 2.17. The average molecular weight is 343 g/mol. The molecule has 2 aromatic carbocycles. The van der Waals surface area contributed by atoms with E-state index >= 15 is 0 Å². The molecule has 6 heteroatoms. The summed E-state index contributed by atoms with van der Waals surface area (Å²) >= 11 is 0. The Bertz CT molecular complexity index is 697. The zero-order valence-electron chi connectivity index (χ0n) is 14.5. The molecule has 0 unspecified atom stereocenters. The van der Waals surface area contributed by atoms with Gasteiger partial charge in [0.25, 0.3) is 5.69 Å². The number of non-ortho nitro benzene ring substituents is 1. The van der Waals surface area contributed by atoms with Crippen molar-refractivity contribution in [2.45, 2.75) is 20.0 Å². The molecule has 0 bridgehead atoms. The SMILES string of the molecule is CC[NH+](CC)C[C@H](OC(=O)c1ccc([N+](=O)[O-])cc1)c1ccccc1. The first-order valence-corrected chi connectivity index (χ1v) is 8.39. The van der Waals surface area contributed by atoms with Crippen molar-refractivity contribution in [3.63, 3.8) is 0 Å². The van der Waals surface area contributed by atoms with Crippen LogP contribution in [-0.2, 0) is 4.74 Å². The van der Waals surface area contributed by atoms with Crippen molar-refractivity contribution in [3.05, 3.63) is 75.8 Å². The van der Waals surface area contributed by atoms with Gasteiger partial charge in [0.15, 0.2) is 6.10 Å². The second kappa shape index (κ2) is 8.94. The van der Waals surface area contributed by atoms with Gasteiger partial charge in [0.1, 0.15) is 6.54 Å². The molecule has 0 aliphatic heterocycles. The molecule has 0 heterocycles. The minimum absolute atomic E-state index is 0.0521. The Morgan fingerprint density at radius 2 is 1.68 bits per heavy atom. The van der Waals surface area contributed by atoms with Crippen molar-refractivity contribution in [1.82, 2.24) is 0 Å². The van der Waals surface area contributed by atoms with E-state index in [0.29, 0.717) is 12.1 Å². The summed E-state index contributed by atoms with van der Waals surface area (Å²) in [4.78, 5) is 24.0. The molecule has 0 radical (unpaired) electrons. The average Bonchev–Trinajstić information content (AvgIpc) is 2.65. The number of hydrogen-bond acceptors (Lipinski definition) is 4. The number of esters is 1. The third kappa shape index (κ3) is 5.12. The van der Waals surface area contributed by atoms with Gasteiger partial charge < -0.3 is 9.64 Å². The summed E-state index contributed by atoms with van der Waals surface area (Å²) in [6, 6.07) is 15.1. The summed E-state index contributed by atoms with van der Waals surface area (Å²) < 4.78 is 5.73. The van der Waals surface area contributed by atoms with Crippen LogP contribution in [0.2, 0.25) is 0 Å². The molecule has 2 aromatic rings. The Hall–Kier alpha value is -2.73. The van der Waals surface area contributed by atoms with Gasteiger partial charge in [0.2, 0.25) is 0 Å². The number of carbonyl (C=O) groups excluding carboxylic acids is 1. The number of likely N-dealkylation sites (N-methyl/N-ethyl adjacent to an activating group) is 1.